The standard InChI is InChI=1S/C14H22N2O4S2.ClH/c1-2-21(17,18)13-6-8-14(9-7-13)22(19,20)16-10-4-3-5-12(16)11-15;/h6-9,12H,2-5,10-11,15H2,1H3;1H. The van der Waals surface area contributed by atoms with Gasteiger partial charge >= 0.3 is 0 Å². The van der Waals surface area contributed by atoms with E-state index in [1.165, 1.54) is 28.6 Å². The molecule has 1 aliphatic rings. The number of sulfone groups is 1. The van der Waals surface area contributed by atoms with Crippen LogP contribution in [0.2, 0.25) is 0 Å². The SMILES string of the molecule is CCS(=O)(=O)c1ccc(S(=O)(=O)N2CCCCC2CN)cc1.Cl. The first-order chi connectivity index (χ1) is 10.3. The number of hydrogen-bond acceptors (Lipinski definition) is 5. The van der Waals surface area contributed by atoms with Crippen LogP contribution in [0.3, 0.4) is 0 Å². The number of nitrogens with zero attached hydrogens (tertiary/aromatic N) is 1. The van der Waals surface area contributed by atoms with Gasteiger partial charge in [-0.1, -0.05) is 13.3 Å². The Bertz CT molecular complexity index is 718. The quantitative estimate of drug-likeness (QED) is 0.830. The summed E-state index contributed by atoms with van der Waals surface area (Å²) in [6.45, 7) is 2.31. The molecule has 1 fully saturated rings. The first-order valence-electron chi connectivity index (χ1n) is 7.37. The van der Waals surface area contributed by atoms with Crippen molar-refractivity contribution in [1.29, 1.82) is 0 Å². The van der Waals surface area contributed by atoms with E-state index in [0.29, 0.717) is 13.1 Å². The van der Waals surface area contributed by atoms with Crippen LogP contribution in [-0.2, 0) is 19.9 Å². The van der Waals surface area contributed by atoms with Gasteiger partial charge in [0.1, 0.15) is 0 Å². The van der Waals surface area contributed by atoms with Crippen LogP contribution in [0, 0.1) is 0 Å². The van der Waals surface area contributed by atoms with Crippen LogP contribution in [0.4, 0.5) is 0 Å². The lowest BCUT2D eigenvalue weighted by molar-refractivity contribution is 0.257. The number of nitrogens with two attached hydrogens (primary N) is 1. The summed E-state index contributed by atoms with van der Waals surface area (Å²) in [5, 5.41) is 0. The fourth-order valence-corrected chi connectivity index (χ4v) is 5.24. The molecular weight excluding hydrogens is 360 g/mol. The zero-order valence-electron chi connectivity index (χ0n) is 13.0. The van der Waals surface area contributed by atoms with E-state index < -0.39 is 19.9 Å². The lowest BCUT2D eigenvalue weighted by Crippen LogP contribution is -2.47. The molecule has 0 amide bonds. The van der Waals surface area contributed by atoms with Crippen LogP contribution in [0.25, 0.3) is 0 Å². The largest absolute Gasteiger partial charge is 0.329 e. The second-order valence-electron chi connectivity index (χ2n) is 5.38. The van der Waals surface area contributed by atoms with Gasteiger partial charge in [-0.2, -0.15) is 4.31 Å². The Labute approximate surface area is 144 Å². The number of hydrogen-bond donors (Lipinski definition) is 1. The summed E-state index contributed by atoms with van der Waals surface area (Å²) in [7, 11) is -6.96. The zero-order chi connectivity index (χ0) is 16.4. The Balaban J connectivity index is 0.00000264. The number of sulfonamides is 1. The minimum absolute atomic E-state index is 0. The Morgan fingerprint density at radius 2 is 1.65 bits per heavy atom. The second kappa shape index (κ2) is 7.94. The number of benzene rings is 1. The van der Waals surface area contributed by atoms with Crippen molar-refractivity contribution in [2.75, 3.05) is 18.8 Å². The minimum atomic E-state index is -3.63. The third kappa shape index (κ3) is 4.24. The van der Waals surface area contributed by atoms with E-state index in [1.807, 2.05) is 0 Å². The van der Waals surface area contributed by atoms with Crippen LogP contribution in [0.15, 0.2) is 34.1 Å². The predicted molar refractivity (Wildman–Crippen MR) is 92.0 cm³/mol. The maximum Gasteiger partial charge on any atom is 0.243 e. The molecule has 2 rings (SSSR count). The lowest BCUT2D eigenvalue weighted by atomic mass is 10.1. The molecule has 1 saturated heterocycles. The molecule has 132 valence electrons. The van der Waals surface area contributed by atoms with Crippen LogP contribution in [-0.4, -0.2) is 46.0 Å². The topological polar surface area (TPSA) is 97.5 Å². The van der Waals surface area contributed by atoms with E-state index in [1.54, 1.807) is 6.92 Å². The highest BCUT2D eigenvalue weighted by molar-refractivity contribution is 7.91. The molecule has 0 aromatic heterocycles. The van der Waals surface area contributed by atoms with E-state index in [9.17, 15) is 16.8 Å². The fraction of sp³-hybridized carbons (Fsp3) is 0.571. The molecule has 1 unspecified atom stereocenters. The molecule has 1 aromatic carbocycles. The molecule has 6 nitrogen and oxygen atoms in total. The van der Waals surface area contributed by atoms with Crippen LogP contribution in [0.1, 0.15) is 26.2 Å². The van der Waals surface area contributed by atoms with Crippen LogP contribution in [0.5, 0.6) is 0 Å². The van der Waals surface area contributed by atoms with Gasteiger partial charge in [-0.05, 0) is 37.1 Å². The average Bonchev–Trinajstić information content (AvgIpc) is 2.54. The molecule has 1 heterocycles. The minimum Gasteiger partial charge on any atom is -0.329 e. The predicted octanol–water partition coefficient (Wildman–Crippen LogP) is 1.40. The summed E-state index contributed by atoms with van der Waals surface area (Å²) in [5.74, 6) is -0.0134. The van der Waals surface area contributed by atoms with Crippen molar-refractivity contribution in [3.05, 3.63) is 24.3 Å². The van der Waals surface area contributed by atoms with E-state index in [0.717, 1.165) is 19.3 Å². The molecule has 1 atom stereocenters. The third-order valence-electron chi connectivity index (χ3n) is 4.01. The van der Waals surface area contributed by atoms with E-state index in [2.05, 4.69) is 0 Å². The smallest absolute Gasteiger partial charge is 0.243 e. The molecule has 0 bridgehead atoms. The van der Waals surface area contributed by atoms with Gasteiger partial charge in [0.25, 0.3) is 0 Å². The molecule has 2 N–H and O–H groups in total. The summed E-state index contributed by atoms with van der Waals surface area (Å²) >= 11 is 0. The monoisotopic (exact) mass is 382 g/mol. The van der Waals surface area contributed by atoms with Gasteiger partial charge in [0.15, 0.2) is 9.84 Å². The molecule has 9 heteroatoms. The van der Waals surface area contributed by atoms with E-state index >= 15 is 0 Å². The van der Waals surface area contributed by atoms with Crippen molar-refractivity contribution < 1.29 is 16.8 Å². The van der Waals surface area contributed by atoms with Crippen molar-refractivity contribution in [1.82, 2.24) is 4.31 Å². The average molecular weight is 383 g/mol. The number of rotatable bonds is 5. The fourth-order valence-electron chi connectivity index (χ4n) is 2.65. The van der Waals surface area contributed by atoms with Gasteiger partial charge in [0, 0.05) is 19.1 Å². The maximum absolute atomic E-state index is 12.7. The van der Waals surface area contributed by atoms with Gasteiger partial charge in [0.2, 0.25) is 10.0 Å². The molecule has 0 saturated carbocycles. The maximum atomic E-state index is 12.7. The van der Waals surface area contributed by atoms with Gasteiger partial charge in [-0.25, -0.2) is 16.8 Å². The van der Waals surface area contributed by atoms with Crippen molar-refractivity contribution in [3.8, 4) is 0 Å². The van der Waals surface area contributed by atoms with Gasteiger partial charge in [-0.3, -0.25) is 0 Å². The van der Waals surface area contributed by atoms with E-state index in [-0.39, 0.29) is 34.0 Å². The zero-order valence-corrected chi connectivity index (χ0v) is 15.5. The number of piperidine rings is 1. The molecule has 0 radical (unpaired) electrons. The van der Waals surface area contributed by atoms with E-state index in [4.69, 9.17) is 5.73 Å². The van der Waals surface area contributed by atoms with Crippen molar-refractivity contribution in [3.63, 3.8) is 0 Å². The Morgan fingerprint density at radius 1 is 1.09 bits per heavy atom. The Hall–Kier alpha value is -0.670. The molecule has 0 aliphatic carbocycles. The molecule has 23 heavy (non-hydrogen) atoms. The van der Waals surface area contributed by atoms with Crippen LogP contribution >= 0.6 is 12.4 Å². The third-order valence-corrected chi connectivity index (χ3v) is 7.73. The summed E-state index contributed by atoms with van der Waals surface area (Å²) in [5.41, 5.74) is 5.68. The number of halogens is 1. The molecular formula is C14H23ClN2O4S2. The van der Waals surface area contributed by atoms with Crippen LogP contribution < -0.4 is 5.73 Å². The summed E-state index contributed by atoms with van der Waals surface area (Å²) in [6.07, 6.45) is 2.55. The molecule has 1 aromatic rings. The highest BCUT2D eigenvalue weighted by Crippen LogP contribution is 2.25. The summed E-state index contributed by atoms with van der Waals surface area (Å²) < 4.78 is 50.4. The highest BCUT2D eigenvalue weighted by Gasteiger charge is 2.32. The molecule has 1 aliphatic heterocycles. The summed E-state index contributed by atoms with van der Waals surface area (Å²) in [4.78, 5) is 0.255. The normalized spacial score (nSPS) is 20.0. The van der Waals surface area contributed by atoms with Crippen molar-refractivity contribution in [2.45, 2.75) is 42.0 Å². The lowest BCUT2D eigenvalue weighted by Gasteiger charge is -2.33. The van der Waals surface area contributed by atoms with Crippen molar-refractivity contribution in [2.24, 2.45) is 5.73 Å². The van der Waals surface area contributed by atoms with Crippen molar-refractivity contribution >= 4 is 32.3 Å². The first kappa shape index (κ1) is 20.4. The first-order valence-corrected chi connectivity index (χ1v) is 10.5. The second-order valence-corrected chi connectivity index (χ2v) is 9.54. The molecule has 0 spiro atoms. The van der Waals surface area contributed by atoms with Gasteiger partial charge in [-0.15, -0.1) is 12.4 Å². The Kier molecular flexibility index (Phi) is 7.03. The summed E-state index contributed by atoms with van der Waals surface area (Å²) in [6, 6.07) is 5.25. The highest BCUT2D eigenvalue weighted by atomic mass is 35.5. The van der Waals surface area contributed by atoms with Gasteiger partial charge < -0.3 is 5.73 Å². The van der Waals surface area contributed by atoms with Gasteiger partial charge in [0.05, 0.1) is 15.5 Å². The Morgan fingerprint density at radius 3 is 2.17 bits per heavy atom.